The molecule has 0 aromatic heterocycles. The summed E-state index contributed by atoms with van der Waals surface area (Å²) in [6.07, 6.45) is 1.19. The average Bonchev–Trinajstić information content (AvgIpc) is 2.21. The first-order valence-corrected chi connectivity index (χ1v) is 4.66. The molecule has 0 saturated carbocycles. The molecule has 0 saturated heterocycles. The molecule has 1 unspecified atom stereocenters. The van der Waals surface area contributed by atoms with E-state index in [-0.39, 0.29) is 19.0 Å². The van der Waals surface area contributed by atoms with Crippen LogP contribution >= 0.6 is 11.6 Å². The maximum atomic E-state index is 10.9. The van der Waals surface area contributed by atoms with Gasteiger partial charge in [-0.15, -0.1) is 16.7 Å². The molecule has 15 heavy (non-hydrogen) atoms. The number of amides is 1. The quantitative estimate of drug-likeness (QED) is 0.535. The van der Waals surface area contributed by atoms with Crippen molar-refractivity contribution in [3.05, 3.63) is 12.0 Å². The van der Waals surface area contributed by atoms with E-state index in [1.54, 1.807) is 6.92 Å². The van der Waals surface area contributed by atoms with Crippen LogP contribution in [0.5, 0.6) is 0 Å². The SMILES string of the molecule is CCOC(=O)COC1=CN=NC(=O)C1Cl. The summed E-state index contributed by atoms with van der Waals surface area (Å²) in [4.78, 5) is 21.9. The minimum Gasteiger partial charge on any atom is -0.482 e. The van der Waals surface area contributed by atoms with Gasteiger partial charge in [-0.05, 0) is 6.92 Å². The zero-order valence-corrected chi connectivity index (χ0v) is 8.73. The van der Waals surface area contributed by atoms with Crippen LogP contribution in [0.25, 0.3) is 0 Å². The molecule has 1 rings (SSSR count). The van der Waals surface area contributed by atoms with Gasteiger partial charge >= 0.3 is 5.97 Å². The molecule has 0 radical (unpaired) electrons. The standard InChI is InChI=1S/C8H9ClN2O4/c1-2-14-6(12)4-15-5-3-10-11-8(13)7(5)9/h3,7H,2,4H2,1H3. The Kier molecular flexibility index (Phi) is 4.23. The summed E-state index contributed by atoms with van der Waals surface area (Å²) in [7, 11) is 0. The van der Waals surface area contributed by atoms with Gasteiger partial charge < -0.3 is 9.47 Å². The molecular weight excluding hydrogens is 224 g/mol. The molecule has 7 heteroatoms. The first-order chi connectivity index (χ1) is 7.15. The molecule has 1 aliphatic rings. The summed E-state index contributed by atoms with van der Waals surface area (Å²) in [5.74, 6) is -1.04. The van der Waals surface area contributed by atoms with Gasteiger partial charge in [-0.2, -0.15) is 5.11 Å². The molecule has 0 aliphatic carbocycles. The zero-order chi connectivity index (χ0) is 11.3. The van der Waals surface area contributed by atoms with Crippen molar-refractivity contribution in [2.45, 2.75) is 12.3 Å². The van der Waals surface area contributed by atoms with Crippen LogP contribution in [0, 0.1) is 0 Å². The lowest BCUT2D eigenvalue weighted by atomic mass is 10.3. The van der Waals surface area contributed by atoms with Crippen LogP contribution in [0.2, 0.25) is 0 Å². The normalized spacial score (nSPS) is 19.7. The lowest BCUT2D eigenvalue weighted by Crippen LogP contribution is -2.21. The Balaban J connectivity index is 2.45. The lowest BCUT2D eigenvalue weighted by Gasteiger charge is -2.13. The van der Waals surface area contributed by atoms with Gasteiger partial charge in [0.25, 0.3) is 5.91 Å². The van der Waals surface area contributed by atoms with Gasteiger partial charge in [-0.3, -0.25) is 4.79 Å². The van der Waals surface area contributed by atoms with E-state index in [0.717, 1.165) is 0 Å². The Morgan fingerprint density at radius 3 is 3.07 bits per heavy atom. The predicted molar refractivity (Wildman–Crippen MR) is 50.2 cm³/mol. The first-order valence-electron chi connectivity index (χ1n) is 4.22. The van der Waals surface area contributed by atoms with Crippen LogP contribution in [-0.4, -0.2) is 30.5 Å². The van der Waals surface area contributed by atoms with Gasteiger partial charge in [0.1, 0.15) is 5.76 Å². The molecule has 0 fully saturated rings. The molecule has 0 aromatic rings. The first kappa shape index (κ1) is 11.6. The minimum atomic E-state index is -1.02. The van der Waals surface area contributed by atoms with Crippen molar-refractivity contribution < 1.29 is 19.1 Å². The number of carbonyl (C=O) groups is 2. The van der Waals surface area contributed by atoms with Gasteiger partial charge in [-0.1, -0.05) is 0 Å². The van der Waals surface area contributed by atoms with E-state index >= 15 is 0 Å². The van der Waals surface area contributed by atoms with E-state index in [1.165, 1.54) is 6.20 Å². The van der Waals surface area contributed by atoms with Crippen LogP contribution in [0.4, 0.5) is 0 Å². The molecule has 0 bridgehead atoms. The number of rotatable bonds is 4. The monoisotopic (exact) mass is 232 g/mol. The van der Waals surface area contributed by atoms with Crippen molar-refractivity contribution in [1.29, 1.82) is 0 Å². The van der Waals surface area contributed by atoms with E-state index in [4.69, 9.17) is 16.3 Å². The number of halogens is 1. The molecule has 1 aliphatic heterocycles. The number of hydrogen-bond donors (Lipinski definition) is 0. The number of ether oxygens (including phenoxy) is 2. The number of esters is 1. The summed E-state index contributed by atoms with van der Waals surface area (Å²) in [5, 5.41) is 5.56. The average molecular weight is 233 g/mol. The van der Waals surface area contributed by atoms with Crippen LogP contribution in [0.3, 0.4) is 0 Å². The minimum absolute atomic E-state index is 0.102. The lowest BCUT2D eigenvalue weighted by molar-refractivity contribution is -0.147. The van der Waals surface area contributed by atoms with Crippen molar-refractivity contribution in [3.63, 3.8) is 0 Å². The Morgan fingerprint density at radius 2 is 2.40 bits per heavy atom. The van der Waals surface area contributed by atoms with E-state index in [2.05, 4.69) is 15.0 Å². The third-order valence-corrected chi connectivity index (χ3v) is 1.87. The second-order valence-corrected chi connectivity index (χ2v) is 2.98. The summed E-state index contributed by atoms with van der Waals surface area (Å²) >= 11 is 5.64. The molecule has 1 atom stereocenters. The van der Waals surface area contributed by atoms with Crippen LogP contribution in [0.1, 0.15) is 6.92 Å². The van der Waals surface area contributed by atoms with Gasteiger partial charge in [0.15, 0.2) is 12.0 Å². The molecule has 6 nitrogen and oxygen atoms in total. The van der Waals surface area contributed by atoms with E-state index in [9.17, 15) is 9.59 Å². The van der Waals surface area contributed by atoms with Crippen molar-refractivity contribution >= 4 is 23.5 Å². The van der Waals surface area contributed by atoms with Gasteiger partial charge in [0.2, 0.25) is 0 Å². The largest absolute Gasteiger partial charge is 0.482 e. The highest BCUT2D eigenvalue weighted by Gasteiger charge is 2.25. The molecule has 1 amide bonds. The highest BCUT2D eigenvalue weighted by molar-refractivity contribution is 6.32. The van der Waals surface area contributed by atoms with E-state index in [1.807, 2.05) is 0 Å². The fourth-order valence-corrected chi connectivity index (χ4v) is 0.999. The number of alkyl halides is 1. The smallest absolute Gasteiger partial charge is 0.344 e. The topological polar surface area (TPSA) is 77.3 Å². The van der Waals surface area contributed by atoms with Crippen molar-refractivity contribution in [2.75, 3.05) is 13.2 Å². The van der Waals surface area contributed by atoms with Crippen LogP contribution in [-0.2, 0) is 19.1 Å². The highest BCUT2D eigenvalue weighted by atomic mass is 35.5. The fourth-order valence-electron chi connectivity index (χ4n) is 0.836. The summed E-state index contributed by atoms with van der Waals surface area (Å²) < 4.78 is 9.58. The number of hydrogen-bond acceptors (Lipinski definition) is 5. The van der Waals surface area contributed by atoms with Crippen LogP contribution in [0.15, 0.2) is 22.2 Å². The van der Waals surface area contributed by atoms with Crippen molar-refractivity contribution in [3.8, 4) is 0 Å². The Labute approximate surface area is 90.9 Å². The summed E-state index contributed by atoms with van der Waals surface area (Å²) in [5.41, 5.74) is 0. The second kappa shape index (κ2) is 5.45. The number of azo groups is 1. The van der Waals surface area contributed by atoms with Gasteiger partial charge in [0.05, 0.1) is 12.8 Å². The molecule has 0 spiro atoms. The fraction of sp³-hybridized carbons (Fsp3) is 0.500. The van der Waals surface area contributed by atoms with E-state index in [0.29, 0.717) is 0 Å². The van der Waals surface area contributed by atoms with E-state index < -0.39 is 17.3 Å². The third kappa shape index (κ3) is 3.32. The molecule has 0 N–H and O–H groups in total. The van der Waals surface area contributed by atoms with Crippen molar-refractivity contribution in [2.24, 2.45) is 10.2 Å². The number of nitrogens with zero attached hydrogens (tertiary/aromatic N) is 2. The Hall–Kier alpha value is -1.43. The van der Waals surface area contributed by atoms with Gasteiger partial charge in [-0.25, -0.2) is 4.79 Å². The highest BCUT2D eigenvalue weighted by Crippen LogP contribution is 2.17. The maximum Gasteiger partial charge on any atom is 0.344 e. The molecule has 0 aromatic carbocycles. The number of carbonyl (C=O) groups excluding carboxylic acids is 2. The zero-order valence-electron chi connectivity index (χ0n) is 7.97. The Morgan fingerprint density at radius 1 is 1.67 bits per heavy atom. The summed E-state index contributed by atoms with van der Waals surface area (Å²) in [6, 6.07) is 0. The molecule has 1 heterocycles. The van der Waals surface area contributed by atoms with Crippen LogP contribution < -0.4 is 0 Å². The Bertz CT molecular complexity index is 327. The van der Waals surface area contributed by atoms with Gasteiger partial charge in [0, 0.05) is 0 Å². The second-order valence-electron chi connectivity index (χ2n) is 2.54. The summed E-state index contributed by atoms with van der Waals surface area (Å²) in [6.45, 7) is 1.65. The maximum absolute atomic E-state index is 10.9. The molecule has 82 valence electrons. The third-order valence-electron chi connectivity index (χ3n) is 1.47. The van der Waals surface area contributed by atoms with Crippen molar-refractivity contribution in [1.82, 2.24) is 0 Å². The molecular formula is C8H9ClN2O4. The predicted octanol–water partition coefficient (Wildman–Crippen LogP) is 1.01.